The van der Waals surface area contributed by atoms with Crippen LogP contribution in [0.5, 0.6) is 17.2 Å². The van der Waals surface area contributed by atoms with Gasteiger partial charge in [-0.05, 0) is 50.6 Å². The maximum atomic E-state index is 12.6. The molecule has 2 rings (SSSR count). The first kappa shape index (κ1) is 27.1. The molecule has 184 valence electrons. The highest BCUT2D eigenvalue weighted by Gasteiger charge is 2.23. The summed E-state index contributed by atoms with van der Waals surface area (Å²) in [4.78, 5) is 26.3. The number of nitrogens with zero attached hydrogens (tertiary/aromatic N) is 2. The maximum Gasteiger partial charge on any atom is 0.277 e. The predicted molar refractivity (Wildman–Crippen MR) is 137 cm³/mol. The quantitative estimate of drug-likeness (QED) is 0.220. The number of Topliss-reactive ketones (excluding diaryl/α,β-unsaturated/α-hetero) is 1. The van der Waals surface area contributed by atoms with Crippen molar-refractivity contribution in [2.24, 2.45) is 0 Å². The summed E-state index contributed by atoms with van der Waals surface area (Å²) in [6.45, 7) is 12.7. The number of para-hydroxylation sites is 1. The van der Waals surface area contributed by atoms with E-state index >= 15 is 0 Å². The van der Waals surface area contributed by atoms with E-state index in [4.69, 9.17) is 9.47 Å². The van der Waals surface area contributed by atoms with Gasteiger partial charge in [-0.25, -0.2) is 0 Å². The zero-order valence-corrected chi connectivity index (χ0v) is 21.3. The number of carbonyl (C=O) groups excluding carboxylic acids is 2. The van der Waals surface area contributed by atoms with E-state index in [0.717, 1.165) is 18.7 Å². The molecule has 1 amide bonds. The van der Waals surface area contributed by atoms with Crippen LogP contribution >= 0.6 is 0 Å². The summed E-state index contributed by atoms with van der Waals surface area (Å²) in [6.07, 6.45) is 2.95. The Labute approximate surface area is 204 Å². The average Bonchev–Trinajstić information content (AvgIpc) is 2.81. The Hall–Kier alpha value is -3.12. The molecule has 0 heterocycles. The summed E-state index contributed by atoms with van der Waals surface area (Å²) in [5, 5.41) is 0. The summed E-state index contributed by atoms with van der Waals surface area (Å²) >= 11 is 0. The Morgan fingerprint density at radius 1 is 1.03 bits per heavy atom. The molecule has 0 N–H and O–H groups in total. The highest BCUT2D eigenvalue weighted by atomic mass is 16.5. The third-order valence-electron chi connectivity index (χ3n) is 5.77. The van der Waals surface area contributed by atoms with E-state index in [-0.39, 0.29) is 11.7 Å². The smallest absolute Gasteiger partial charge is 0.277 e. The molecule has 0 aliphatic heterocycles. The molecule has 0 saturated heterocycles. The van der Waals surface area contributed by atoms with Gasteiger partial charge in [0.05, 0.1) is 14.1 Å². The summed E-state index contributed by atoms with van der Waals surface area (Å²) in [5.41, 5.74) is 1.65. The third-order valence-corrected chi connectivity index (χ3v) is 5.77. The monoisotopic (exact) mass is 467 g/mol. The van der Waals surface area contributed by atoms with Crippen molar-refractivity contribution < 1.29 is 23.5 Å². The molecule has 0 radical (unpaired) electrons. The standard InChI is InChI=1S/C28H39N2O4/c1-7-12-23-13-11-14-26(34-24-17-15-22(16-18-24)25(31)8-2)28(23)33-20-19-30(5,6)21-27(32)29(9-3)10-4/h7,11,13-18H,1,8-10,12,19-21H2,2-6H3/q+1. The third kappa shape index (κ3) is 7.73. The van der Waals surface area contributed by atoms with E-state index in [9.17, 15) is 9.59 Å². The fourth-order valence-corrected chi connectivity index (χ4v) is 3.68. The van der Waals surface area contributed by atoms with E-state index in [1.807, 2.05) is 64.0 Å². The first-order chi connectivity index (χ1) is 16.2. The number of quaternary nitrogens is 1. The molecule has 6 nitrogen and oxygen atoms in total. The van der Waals surface area contributed by atoms with Gasteiger partial charge in [-0.15, -0.1) is 6.58 Å². The highest BCUT2D eigenvalue weighted by Crippen LogP contribution is 2.35. The van der Waals surface area contributed by atoms with E-state index in [1.54, 1.807) is 24.3 Å². The van der Waals surface area contributed by atoms with Gasteiger partial charge >= 0.3 is 0 Å². The number of hydrogen-bond donors (Lipinski definition) is 0. The van der Waals surface area contributed by atoms with Crippen molar-refractivity contribution in [2.75, 3.05) is 46.9 Å². The van der Waals surface area contributed by atoms with Crippen LogP contribution in [-0.2, 0) is 11.2 Å². The van der Waals surface area contributed by atoms with Crippen LogP contribution in [0.4, 0.5) is 0 Å². The Morgan fingerprint density at radius 2 is 1.71 bits per heavy atom. The minimum Gasteiger partial charge on any atom is -0.483 e. The number of amides is 1. The summed E-state index contributed by atoms with van der Waals surface area (Å²) in [6, 6.07) is 13.0. The summed E-state index contributed by atoms with van der Waals surface area (Å²) in [7, 11) is 4.08. The van der Waals surface area contributed by atoms with Gasteiger partial charge in [0.1, 0.15) is 18.9 Å². The van der Waals surface area contributed by atoms with Crippen LogP contribution in [0, 0.1) is 0 Å². The van der Waals surface area contributed by atoms with Crippen LogP contribution in [0.15, 0.2) is 55.1 Å². The normalized spacial score (nSPS) is 11.1. The second-order valence-corrected chi connectivity index (χ2v) is 8.87. The van der Waals surface area contributed by atoms with Crippen molar-refractivity contribution in [3.63, 3.8) is 0 Å². The lowest BCUT2D eigenvalue weighted by molar-refractivity contribution is -0.882. The van der Waals surface area contributed by atoms with Crippen LogP contribution in [-0.4, -0.2) is 68.0 Å². The average molecular weight is 468 g/mol. The second-order valence-electron chi connectivity index (χ2n) is 8.87. The number of carbonyl (C=O) groups is 2. The number of benzene rings is 2. The van der Waals surface area contributed by atoms with Crippen molar-refractivity contribution in [3.05, 3.63) is 66.2 Å². The SMILES string of the molecule is C=CCc1cccc(Oc2ccc(C(=O)CC)cc2)c1OCC[N+](C)(C)CC(=O)N(CC)CC. The van der Waals surface area contributed by atoms with Crippen LogP contribution in [0.25, 0.3) is 0 Å². The Balaban J connectivity index is 2.13. The lowest BCUT2D eigenvalue weighted by atomic mass is 10.1. The molecular formula is C28H39N2O4+. The molecule has 0 spiro atoms. The Morgan fingerprint density at radius 3 is 2.29 bits per heavy atom. The van der Waals surface area contributed by atoms with E-state index in [2.05, 4.69) is 6.58 Å². The highest BCUT2D eigenvalue weighted by molar-refractivity contribution is 5.95. The van der Waals surface area contributed by atoms with Crippen molar-refractivity contribution in [1.29, 1.82) is 0 Å². The van der Waals surface area contributed by atoms with Crippen LogP contribution in [0.2, 0.25) is 0 Å². The van der Waals surface area contributed by atoms with Crippen LogP contribution in [0.1, 0.15) is 43.1 Å². The van der Waals surface area contributed by atoms with E-state index in [1.165, 1.54) is 0 Å². The maximum absolute atomic E-state index is 12.6. The topological polar surface area (TPSA) is 55.8 Å². The first-order valence-electron chi connectivity index (χ1n) is 12.0. The number of rotatable bonds is 14. The van der Waals surface area contributed by atoms with Crippen LogP contribution in [0.3, 0.4) is 0 Å². The lowest BCUT2D eigenvalue weighted by Gasteiger charge is -2.31. The van der Waals surface area contributed by atoms with Crippen molar-refractivity contribution in [3.8, 4) is 17.2 Å². The molecule has 0 aliphatic rings. The number of hydrogen-bond acceptors (Lipinski definition) is 4. The van der Waals surface area contributed by atoms with Crippen LogP contribution < -0.4 is 9.47 Å². The fourth-order valence-electron chi connectivity index (χ4n) is 3.68. The Kier molecular flexibility index (Phi) is 10.3. The zero-order valence-electron chi connectivity index (χ0n) is 21.3. The molecule has 0 atom stereocenters. The molecule has 0 aromatic heterocycles. The minimum atomic E-state index is 0.101. The molecule has 2 aromatic rings. The summed E-state index contributed by atoms with van der Waals surface area (Å²) < 4.78 is 12.9. The van der Waals surface area contributed by atoms with Gasteiger partial charge < -0.3 is 18.9 Å². The molecule has 0 bridgehead atoms. The lowest BCUT2D eigenvalue weighted by Crippen LogP contribution is -2.50. The Bertz CT molecular complexity index is 963. The number of likely N-dealkylation sites (N-methyl/N-ethyl adjacent to an activating group) is 2. The van der Waals surface area contributed by atoms with Crippen molar-refractivity contribution in [2.45, 2.75) is 33.6 Å². The van der Waals surface area contributed by atoms with Gasteiger partial charge in [0.15, 0.2) is 23.8 Å². The molecule has 0 aliphatic carbocycles. The summed E-state index contributed by atoms with van der Waals surface area (Å²) in [5.74, 6) is 2.17. The molecule has 0 fully saturated rings. The van der Waals surface area contributed by atoms with E-state index < -0.39 is 0 Å². The van der Waals surface area contributed by atoms with Gasteiger partial charge in [0.2, 0.25) is 0 Å². The molecule has 6 heteroatoms. The van der Waals surface area contributed by atoms with Gasteiger partial charge in [0, 0.05) is 30.6 Å². The van der Waals surface area contributed by atoms with Gasteiger partial charge in [-0.2, -0.15) is 0 Å². The predicted octanol–water partition coefficient (Wildman–Crippen LogP) is 5.12. The van der Waals surface area contributed by atoms with Crippen molar-refractivity contribution >= 4 is 11.7 Å². The van der Waals surface area contributed by atoms with Crippen molar-refractivity contribution in [1.82, 2.24) is 4.90 Å². The molecule has 2 aromatic carbocycles. The van der Waals surface area contributed by atoms with Gasteiger partial charge in [-0.1, -0.05) is 25.1 Å². The second kappa shape index (κ2) is 12.9. The van der Waals surface area contributed by atoms with Gasteiger partial charge in [-0.3, -0.25) is 9.59 Å². The van der Waals surface area contributed by atoms with Gasteiger partial charge in [0.25, 0.3) is 5.91 Å². The molecule has 34 heavy (non-hydrogen) atoms. The van der Waals surface area contributed by atoms with E-state index in [0.29, 0.717) is 59.8 Å². The number of ketones is 1. The molecule has 0 unspecified atom stereocenters. The molecular weight excluding hydrogens is 428 g/mol. The minimum absolute atomic E-state index is 0.101. The first-order valence-corrected chi connectivity index (χ1v) is 12.0. The fraction of sp³-hybridized carbons (Fsp3) is 0.429. The number of ether oxygens (including phenoxy) is 2. The largest absolute Gasteiger partial charge is 0.483 e. The molecule has 0 saturated carbocycles. The number of allylic oxidation sites excluding steroid dienone is 1. The zero-order chi connectivity index (χ0) is 25.1.